The number of hydrogen-bond acceptors (Lipinski definition) is 3. The summed E-state index contributed by atoms with van der Waals surface area (Å²) in [6.45, 7) is 5.47. The average Bonchev–Trinajstić information content (AvgIpc) is 2.65. The van der Waals surface area contributed by atoms with Crippen LogP contribution in [-0.4, -0.2) is 33.6 Å². The summed E-state index contributed by atoms with van der Waals surface area (Å²) in [5, 5.41) is 0. The molecule has 2 heterocycles. The fraction of sp³-hybridized carbons (Fsp3) is 0.750. The van der Waals surface area contributed by atoms with Crippen LogP contribution < -0.4 is 5.73 Å². The van der Waals surface area contributed by atoms with Crippen LogP contribution in [0.15, 0.2) is 12.5 Å². The molecule has 1 aliphatic rings. The number of halogens is 1. The van der Waals surface area contributed by atoms with Crippen LogP contribution in [-0.2, 0) is 13.6 Å². The molecule has 1 aliphatic heterocycles. The quantitative estimate of drug-likeness (QED) is 0.892. The largest absolute Gasteiger partial charge is 0.337 e. The van der Waals surface area contributed by atoms with Crippen molar-refractivity contribution in [3.05, 3.63) is 18.2 Å². The van der Waals surface area contributed by atoms with Crippen LogP contribution >= 0.6 is 12.4 Å². The Hall–Kier alpha value is -0.580. The first-order valence-electron chi connectivity index (χ1n) is 6.10. The highest BCUT2D eigenvalue weighted by Gasteiger charge is 2.22. The number of aryl methyl sites for hydroxylation is 1. The van der Waals surface area contributed by atoms with E-state index < -0.39 is 0 Å². The minimum Gasteiger partial charge on any atom is -0.337 e. The van der Waals surface area contributed by atoms with Crippen molar-refractivity contribution in [1.29, 1.82) is 0 Å². The minimum absolute atomic E-state index is 0. The first kappa shape index (κ1) is 14.5. The van der Waals surface area contributed by atoms with Gasteiger partial charge in [-0.05, 0) is 38.8 Å². The lowest BCUT2D eigenvalue weighted by Crippen LogP contribution is -2.39. The van der Waals surface area contributed by atoms with E-state index in [1.54, 1.807) is 0 Å². The highest BCUT2D eigenvalue weighted by Crippen LogP contribution is 2.20. The van der Waals surface area contributed by atoms with E-state index in [2.05, 4.69) is 28.4 Å². The van der Waals surface area contributed by atoms with E-state index in [4.69, 9.17) is 5.73 Å². The summed E-state index contributed by atoms with van der Waals surface area (Å²) in [4.78, 5) is 6.64. The molecule has 1 atom stereocenters. The summed E-state index contributed by atoms with van der Waals surface area (Å²) in [5.74, 6) is 0.711. The number of piperidine rings is 1. The van der Waals surface area contributed by atoms with Crippen molar-refractivity contribution in [2.24, 2.45) is 18.7 Å². The van der Waals surface area contributed by atoms with E-state index in [0.29, 0.717) is 12.0 Å². The average molecular weight is 259 g/mol. The van der Waals surface area contributed by atoms with Crippen LogP contribution in [0, 0.1) is 5.92 Å². The Morgan fingerprint density at radius 2 is 2.12 bits per heavy atom. The van der Waals surface area contributed by atoms with Gasteiger partial charge in [0.1, 0.15) is 0 Å². The monoisotopic (exact) mass is 258 g/mol. The zero-order chi connectivity index (χ0) is 11.5. The molecule has 17 heavy (non-hydrogen) atoms. The van der Waals surface area contributed by atoms with Crippen molar-refractivity contribution < 1.29 is 0 Å². The number of nitrogens with zero attached hydrogens (tertiary/aromatic N) is 3. The molecule has 1 saturated heterocycles. The molecule has 4 nitrogen and oxygen atoms in total. The Morgan fingerprint density at radius 3 is 2.59 bits per heavy atom. The molecule has 0 aromatic carbocycles. The third-order valence-electron chi connectivity index (χ3n) is 3.68. The second-order valence-corrected chi connectivity index (χ2v) is 4.97. The number of aromatic nitrogens is 2. The molecule has 2 rings (SSSR count). The van der Waals surface area contributed by atoms with Crippen LogP contribution in [0.3, 0.4) is 0 Å². The highest BCUT2D eigenvalue weighted by atomic mass is 35.5. The number of likely N-dealkylation sites (tertiary alicyclic amines) is 1. The van der Waals surface area contributed by atoms with E-state index in [0.717, 1.165) is 19.6 Å². The fourth-order valence-corrected chi connectivity index (χ4v) is 2.40. The molecule has 98 valence electrons. The molecule has 0 amide bonds. The lowest BCUT2D eigenvalue weighted by molar-refractivity contribution is 0.163. The van der Waals surface area contributed by atoms with E-state index in [1.165, 1.54) is 18.5 Å². The zero-order valence-corrected chi connectivity index (χ0v) is 11.5. The van der Waals surface area contributed by atoms with Gasteiger partial charge in [-0.3, -0.25) is 4.90 Å². The molecule has 1 unspecified atom stereocenters. The Morgan fingerprint density at radius 1 is 1.47 bits per heavy atom. The standard InChI is InChI=1S/C12H22N4.ClH/c1-10(13)11-3-5-16(6-4-11)8-12-7-14-9-15(12)2;/h7,9-11H,3-6,8,13H2,1-2H3;1H. The predicted molar refractivity (Wildman–Crippen MR) is 72.1 cm³/mol. The van der Waals surface area contributed by atoms with Crippen LogP contribution in [0.2, 0.25) is 0 Å². The van der Waals surface area contributed by atoms with Crippen molar-refractivity contribution in [3.8, 4) is 0 Å². The first-order chi connectivity index (χ1) is 7.66. The Balaban J connectivity index is 0.00000144. The van der Waals surface area contributed by atoms with Crippen molar-refractivity contribution in [2.75, 3.05) is 13.1 Å². The van der Waals surface area contributed by atoms with E-state index in [-0.39, 0.29) is 12.4 Å². The third kappa shape index (κ3) is 3.69. The molecule has 2 N–H and O–H groups in total. The zero-order valence-electron chi connectivity index (χ0n) is 10.7. The molecule has 1 aromatic rings. The van der Waals surface area contributed by atoms with Crippen LogP contribution in [0.1, 0.15) is 25.5 Å². The summed E-state index contributed by atoms with van der Waals surface area (Å²) in [6.07, 6.45) is 6.28. The van der Waals surface area contributed by atoms with Crippen molar-refractivity contribution in [1.82, 2.24) is 14.5 Å². The second kappa shape index (κ2) is 6.38. The molecule has 0 bridgehead atoms. The summed E-state index contributed by atoms with van der Waals surface area (Å²) >= 11 is 0. The molecule has 0 radical (unpaired) electrons. The number of nitrogens with two attached hydrogens (primary N) is 1. The number of rotatable bonds is 3. The smallest absolute Gasteiger partial charge is 0.0945 e. The normalized spacial score (nSPS) is 19.9. The SMILES string of the molecule is CC(N)C1CCN(Cc2cncn2C)CC1.Cl. The van der Waals surface area contributed by atoms with Gasteiger partial charge in [0.15, 0.2) is 0 Å². The Bertz CT molecular complexity index is 329. The van der Waals surface area contributed by atoms with Gasteiger partial charge in [-0.25, -0.2) is 4.98 Å². The van der Waals surface area contributed by atoms with Crippen LogP contribution in [0.4, 0.5) is 0 Å². The molecule has 0 aliphatic carbocycles. The summed E-state index contributed by atoms with van der Waals surface area (Å²) < 4.78 is 2.09. The van der Waals surface area contributed by atoms with Crippen LogP contribution in [0.5, 0.6) is 0 Å². The molecular weight excluding hydrogens is 236 g/mol. The summed E-state index contributed by atoms with van der Waals surface area (Å²) in [7, 11) is 2.05. The van der Waals surface area contributed by atoms with Crippen LogP contribution in [0.25, 0.3) is 0 Å². The highest BCUT2D eigenvalue weighted by molar-refractivity contribution is 5.85. The minimum atomic E-state index is 0. The molecular formula is C12H23ClN4. The number of imidazole rings is 1. The molecule has 5 heteroatoms. The van der Waals surface area contributed by atoms with E-state index in [9.17, 15) is 0 Å². The van der Waals surface area contributed by atoms with E-state index >= 15 is 0 Å². The maximum absolute atomic E-state index is 5.94. The van der Waals surface area contributed by atoms with Gasteiger partial charge in [-0.15, -0.1) is 12.4 Å². The Labute approximate surface area is 110 Å². The van der Waals surface area contributed by atoms with Gasteiger partial charge in [0.25, 0.3) is 0 Å². The molecule has 0 saturated carbocycles. The topological polar surface area (TPSA) is 47.1 Å². The van der Waals surface area contributed by atoms with E-state index in [1.807, 2.05) is 12.5 Å². The number of hydrogen-bond donors (Lipinski definition) is 1. The fourth-order valence-electron chi connectivity index (χ4n) is 2.40. The van der Waals surface area contributed by atoms with Gasteiger partial charge in [-0.1, -0.05) is 0 Å². The van der Waals surface area contributed by atoms with Gasteiger partial charge < -0.3 is 10.3 Å². The lowest BCUT2D eigenvalue weighted by atomic mass is 9.91. The predicted octanol–water partition coefficient (Wildman–Crippen LogP) is 1.40. The lowest BCUT2D eigenvalue weighted by Gasteiger charge is -2.33. The van der Waals surface area contributed by atoms with Gasteiger partial charge in [0.2, 0.25) is 0 Å². The molecule has 1 fully saturated rings. The van der Waals surface area contributed by atoms with Gasteiger partial charge in [-0.2, -0.15) is 0 Å². The van der Waals surface area contributed by atoms with Crippen molar-refractivity contribution in [3.63, 3.8) is 0 Å². The van der Waals surface area contributed by atoms with Gasteiger partial charge in [0.05, 0.1) is 12.0 Å². The molecule has 1 aromatic heterocycles. The Kier molecular flexibility index (Phi) is 5.43. The second-order valence-electron chi connectivity index (χ2n) is 4.97. The summed E-state index contributed by atoms with van der Waals surface area (Å²) in [6, 6.07) is 0.346. The summed E-state index contributed by atoms with van der Waals surface area (Å²) in [5.41, 5.74) is 7.23. The van der Waals surface area contributed by atoms with Gasteiger partial charge >= 0.3 is 0 Å². The maximum Gasteiger partial charge on any atom is 0.0945 e. The molecule has 0 spiro atoms. The first-order valence-corrected chi connectivity index (χ1v) is 6.10. The van der Waals surface area contributed by atoms with Crippen molar-refractivity contribution in [2.45, 2.75) is 32.4 Å². The maximum atomic E-state index is 5.94. The van der Waals surface area contributed by atoms with Crippen molar-refractivity contribution >= 4 is 12.4 Å². The van der Waals surface area contributed by atoms with Gasteiger partial charge in [0, 0.05) is 25.8 Å². The third-order valence-corrected chi connectivity index (χ3v) is 3.68.